The summed E-state index contributed by atoms with van der Waals surface area (Å²) in [6, 6.07) is 35.0. The average molecular weight is 332 g/mol. The van der Waals surface area contributed by atoms with Crippen molar-refractivity contribution >= 4 is 13.3 Å². The highest BCUT2D eigenvalue weighted by Crippen LogP contribution is 2.32. The molecule has 0 aliphatic carbocycles. The molecule has 0 nitrogen and oxygen atoms in total. The maximum Gasteiger partial charge on any atom is 0.139 e. The monoisotopic (exact) mass is 332 g/mol. The van der Waals surface area contributed by atoms with Gasteiger partial charge in [0.2, 0.25) is 0 Å². The summed E-state index contributed by atoms with van der Waals surface area (Å²) in [5.74, 6) is 0. The second kappa shape index (κ2) is 7.05. The molecule has 4 aromatic rings. The molecule has 0 aliphatic rings. The number of hydrogen-bond donors (Lipinski definition) is 0. The summed E-state index contributed by atoms with van der Waals surface area (Å²) in [7, 11) is 2.13. The van der Waals surface area contributed by atoms with E-state index in [0.29, 0.717) is 0 Å². The molecule has 0 spiro atoms. The summed E-state index contributed by atoms with van der Waals surface area (Å²) in [6.45, 7) is 2.13. The SMILES string of the molecule is Bc1ccc(-c2cc(-c3ccccc3)cc(-c3ccc(C)cc3)c2)cc1. The van der Waals surface area contributed by atoms with Crippen LogP contribution in [0.3, 0.4) is 0 Å². The maximum atomic E-state index is 2.29. The van der Waals surface area contributed by atoms with E-state index in [9.17, 15) is 0 Å². The van der Waals surface area contributed by atoms with Crippen molar-refractivity contribution < 1.29 is 0 Å². The summed E-state index contributed by atoms with van der Waals surface area (Å²) in [5.41, 5.74) is 10.1. The number of rotatable bonds is 3. The van der Waals surface area contributed by atoms with Crippen molar-refractivity contribution in [3.05, 3.63) is 103 Å². The number of benzene rings is 4. The third-order valence-corrected chi connectivity index (χ3v) is 4.81. The van der Waals surface area contributed by atoms with Gasteiger partial charge in [-0.3, -0.25) is 0 Å². The molecule has 0 radical (unpaired) electrons. The molecule has 1 heteroatoms. The highest BCUT2D eigenvalue weighted by atomic mass is 14.1. The average Bonchev–Trinajstić information content (AvgIpc) is 2.69. The van der Waals surface area contributed by atoms with Crippen molar-refractivity contribution in [2.75, 3.05) is 0 Å². The van der Waals surface area contributed by atoms with E-state index in [1.54, 1.807) is 0 Å². The molecule has 0 fully saturated rings. The molecule has 0 N–H and O–H groups in total. The predicted octanol–water partition coefficient (Wildman–Crippen LogP) is 5.25. The van der Waals surface area contributed by atoms with Gasteiger partial charge >= 0.3 is 0 Å². The quantitative estimate of drug-likeness (QED) is 0.449. The first-order valence-corrected chi connectivity index (χ1v) is 9.04. The van der Waals surface area contributed by atoms with Crippen molar-refractivity contribution in [3.63, 3.8) is 0 Å². The van der Waals surface area contributed by atoms with E-state index in [4.69, 9.17) is 0 Å². The Bertz CT molecular complexity index is 950. The molecule has 4 rings (SSSR count). The van der Waals surface area contributed by atoms with Crippen molar-refractivity contribution in [1.82, 2.24) is 0 Å². The first-order chi connectivity index (χ1) is 12.7. The highest BCUT2D eigenvalue weighted by molar-refractivity contribution is 6.32. The van der Waals surface area contributed by atoms with Crippen LogP contribution in [0, 0.1) is 6.92 Å². The Morgan fingerprint density at radius 2 is 0.885 bits per heavy atom. The molecule has 0 saturated carbocycles. The first-order valence-electron chi connectivity index (χ1n) is 9.04. The summed E-state index contributed by atoms with van der Waals surface area (Å²) < 4.78 is 0. The number of aryl methyl sites for hydroxylation is 1. The van der Waals surface area contributed by atoms with Gasteiger partial charge in [-0.25, -0.2) is 0 Å². The Morgan fingerprint density at radius 1 is 0.462 bits per heavy atom. The van der Waals surface area contributed by atoms with E-state index in [2.05, 4.69) is 112 Å². The zero-order valence-corrected chi connectivity index (χ0v) is 15.2. The first kappa shape index (κ1) is 16.4. The molecule has 0 amide bonds. The molecule has 0 saturated heterocycles. The Kier molecular flexibility index (Phi) is 4.45. The lowest BCUT2D eigenvalue weighted by Gasteiger charge is -2.12. The molecule has 0 atom stereocenters. The lowest BCUT2D eigenvalue weighted by atomic mass is 9.90. The largest absolute Gasteiger partial charge is 0.139 e. The maximum absolute atomic E-state index is 2.29. The Morgan fingerprint density at radius 3 is 1.38 bits per heavy atom. The van der Waals surface area contributed by atoms with E-state index in [-0.39, 0.29) is 0 Å². The lowest BCUT2D eigenvalue weighted by Crippen LogP contribution is -1.99. The van der Waals surface area contributed by atoms with Crippen LogP contribution in [0.4, 0.5) is 0 Å². The minimum absolute atomic E-state index is 1.25. The van der Waals surface area contributed by atoms with Crippen LogP contribution >= 0.6 is 0 Å². The second-order valence-corrected chi connectivity index (χ2v) is 6.90. The molecular weight excluding hydrogens is 311 g/mol. The Labute approximate surface area is 156 Å². The van der Waals surface area contributed by atoms with Crippen LogP contribution in [-0.4, -0.2) is 7.85 Å². The molecular formula is C25H21B. The molecule has 4 aromatic carbocycles. The minimum atomic E-state index is 1.25. The van der Waals surface area contributed by atoms with Gasteiger partial charge in [-0.1, -0.05) is 89.9 Å². The summed E-state index contributed by atoms with van der Waals surface area (Å²) in [5, 5.41) is 0. The van der Waals surface area contributed by atoms with E-state index in [1.807, 2.05) is 0 Å². The summed E-state index contributed by atoms with van der Waals surface area (Å²) in [6.07, 6.45) is 0. The fourth-order valence-corrected chi connectivity index (χ4v) is 3.25. The van der Waals surface area contributed by atoms with Crippen LogP contribution in [0.25, 0.3) is 33.4 Å². The fraction of sp³-hybridized carbons (Fsp3) is 0.0400. The zero-order chi connectivity index (χ0) is 17.9. The van der Waals surface area contributed by atoms with Gasteiger partial charge in [0.25, 0.3) is 0 Å². The van der Waals surface area contributed by atoms with Crippen LogP contribution in [0.5, 0.6) is 0 Å². The van der Waals surface area contributed by atoms with Crippen LogP contribution in [0.1, 0.15) is 5.56 Å². The Hall–Kier alpha value is -3.06. The van der Waals surface area contributed by atoms with Crippen molar-refractivity contribution in [1.29, 1.82) is 0 Å². The predicted molar refractivity (Wildman–Crippen MR) is 116 cm³/mol. The standard InChI is InChI=1S/C25H21B/c1-18-7-9-20(10-8-18)23-15-22(19-5-3-2-4-6-19)16-24(17-23)21-11-13-25(26)14-12-21/h2-17H,26H2,1H3. The third kappa shape index (κ3) is 3.48. The summed E-state index contributed by atoms with van der Waals surface area (Å²) in [4.78, 5) is 0. The van der Waals surface area contributed by atoms with Gasteiger partial charge in [-0.2, -0.15) is 0 Å². The van der Waals surface area contributed by atoms with E-state index in [1.165, 1.54) is 44.4 Å². The minimum Gasteiger partial charge on any atom is -0.0889 e. The Balaban J connectivity index is 1.89. The highest BCUT2D eigenvalue weighted by Gasteiger charge is 2.07. The normalized spacial score (nSPS) is 10.7. The van der Waals surface area contributed by atoms with Crippen molar-refractivity contribution in [3.8, 4) is 33.4 Å². The molecule has 0 unspecified atom stereocenters. The van der Waals surface area contributed by atoms with E-state index in [0.717, 1.165) is 0 Å². The molecule has 0 aliphatic heterocycles. The van der Waals surface area contributed by atoms with Crippen LogP contribution in [0.2, 0.25) is 0 Å². The van der Waals surface area contributed by atoms with Gasteiger partial charge in [0, 0.05) is 0 Å². The second-order valence-electron chi connectivity index (χ2n) is 6.90. The lowest BCUT2D eigenvalue weighted by molar-refractivity contribution is 1.47. The molecule has 26 heavy (non-hydrogen) atoms. The van der Waals surface area contributed by atoms with Gasteiger partial charge < -0.3 is 0 Å². The number of hydrogen-bond acceptors (Lipinski definition) is 0. The van der Waals surface area contributed by atoms with Gasteiger partial charge in [0.15, 0.2) is 0 Å². The molecule has 0 bridgehead atoms. The van der Waals surface area contributed by atoms with Gasteiger partial charge in [0.1, 0.15) is 7.85 Å². The van der Waals surface area contributed by atoms with Crippen LogP contribution < -0.4 is 5.46 Å². The van der Waals surface area contributed by atoms with E-state index < -0.39 is 0 Å². The summed E-state index contributed by atoms with van der Waals surface area (Å²) >= 11 is 0. The van der Waals surface area contributed by atoms with Crippen LogP contribution in [-0.2, 0) is 0 Å². The van der Waals surface area contributed by atoms with E-state index >= 15 is 0 Å². The smallest absolute Gasteiger partial charge is 0.0889 e. The van der Waals surface area contributed by atoms with Gasteiger partial charge in [-0.15, -0.1) is 0 Å². The molecule has 0 aromatic heterocycles. The zero-order valence-electron chi connectivity index (χ0n) is 15.2. The van der Waals surface area contributed by atoms with Gasteiger partial charge in [0.05, 0.1) is 0 Å². The third-order valence-electron chi connectivity index (χ3n) is 4.81. The fourth-order valence-electron chi connectivity index (χ4n) is 3.25. The van der Waals surface area contributed by atoms with Crippen molar-refractivity contribution in [2.24, 2.45) is 0 Å². The van der Waals surface area contributed by atoms with Gasteiger partial charge in [-0.05, 0) is 58.5 Å². The molecule has 0 heterocycles. The van der Waals surface area contributed by atoms with Crippen LogP contribution in [0.15, 0.2) is 97.1 Å². The molecule has 124 valence electrons. The topological polar surface area (TPSA) is 0 Å². The van der Waals surface area contributed by atoms with Crippen molar-refractivity contribution in [2.45, 2.75) is 6.92 Å².